The number of aliphatic hydroxyl groups excluding tert-OH is 1. The van der Waals surface area contributed by atoms with Crippen LogP contribution in [0.3, 0.4) is 0 Å². The van der Waals surface area contributed by atoms with E-state index in [0.717, 1.165) is 102 Å². The van der Waals surface area contributed by atoms with Crippen LogP contribution in [-0.4, -0.2) is 96.7 Å². The van der Waals surface area contributed by atoms with Crippen LogP contribution in [0.25, 0.3) is 0 Å². The van der Waals surface area contributed by atoms with E-state index in [1.165, 1.54) is 167 Å². The first-order valence-electron chi connectivity index (χ1n) is 37.3. The number of phosphoric ester groups is 2. The van der Waals surface area contributed by atoms with Crippen molar-refractivity contribution in [2.45, 2.75) is 381 Å². The molecule has 0 aromatic rings. The molecule has 0 rings (SSSR count). The molecule has 0 aliphatic carbocycles. The Morgan fingerprint density at radius 3 is 0.747 bits per heavy atom. The van der Waals surface area contributed by atoms with Crippen LogP contribution in [0.2, 0.25) is 0 Å². The summed E-state index contributed by atoms with van der Waals surface area (Å²) in [4.78, 5) is 72.5. The minimum Gasteiger partial charge on any atom is -0.462 e. The molecule has 0 aliphatic heterocycles. The van der Waals surface area contributed by atoms with Crippen molar-refractivity contribution in [3.63, 3.8) is 0 Å². The van der Waals surface area contributed by atoms with Crippen LogP contribution in [-0.2, 0) is 65.4 Å². The lowest BCUT2D eigenvalue weighted by molar-refractivity contribution is -0.161. The van der Waals surface area contributed by atoms with Crippen molar-refractivity contribution in [1.82, 2.24) is 0 Å². The maximum Gasteiger partial charge on any atom is 0.472 e. The third-order valence-corrected chi connectivity index (χ3v) is 18.5. The molecule has 0 aliphatic rings. The van der Waals surface area contributed by atoms with Gasteiger partial charge in [-0.05, 0) is 43.4 Å². The third-order valence-electron chi connectivity index (χ3n) is 16.6. The van der Waals surface area contributed by atoms with E-state index in [4.69, 9.17) is 37.0 Å². The second-order valence-corrected chi connectivity index (χ2v) is 30.3. The molecule has 0 saturated carbocycles. The van der Waals surface area contributed by atoms with Gasteiger partial charge in [-0.25, -0.2) is 9.13 Å². The van der Waals surface area contributed by atoms with E-state index in [0.29, 0.717) is 37.5 Å². The number of unbranched alkanes of at least 4 members (excludes halogenated alkanes) is 38. The Morgan fingerprint density at radius 1 is 0.297 bits per heavy atom. The summed E-state index contributed by atoms with van der Waals surface area (Å²) >= 11 is 0. The lowest BCUT2D eigenvalue weighted by atomic mass is 10.0. The Kier molecular flexibility index (Phi) is 61.5. The fraction of sp³-hybridized carbons (Fsp3) is 0.944. The highest BCUT2D eigenvalue weighted by molar-refractivity contribution is 7.47. The predicted molar refractivity (Wildman–Crippen MR) is 368 cm³/mol. The van der Waals surface area contributed by atoms with Crippen LogP contribution in [0.5, 0.6) is 0 Å². The molecule has 0 spiro atoms. The molecule has 5 atom stereocenters. The van der Waals surface area contributed by atoms with Gasteiger partial charge in [-0.1, -0.05) is 312 Å². The van der Waals surface area contributed by atoms with Gasteiger partial charge in [0.2, 0.25) is 0 Å². The number of carbonyl (C=O) groups excluding carboxylic acids is 4. The Bertz CT molecular complexity index is 1780. The molecule has 91 heavy (non-hydrogen) atoms. The average Bonchev–Trinajstić information content (AvgIpc) is 3.15. The van der Waals surface area contributed by atoms with Gasteiger partial charge in [0.25, 0.3) is 0 Å². The van der Waals surface area contributed by atoms with Gasteiger partial charge in [-0.3, -0.25) is 37.3 Å². The topological polar surface area (TPSA) is 237 Å². The zero-order valence-corrected chi connectivity index (χ0v) is 61.1. The van der Waals surface area contributed by atoms with Crippen molar-refractivity contribution < 1.29 is 80.2 Å². The largest absolute Gasteiger partial charge is 0.472 e. The van der Waals surface area contributed by atoms with E-state index in [1.807, 2.05) is 0 Å². The first-order chi connectivity index (χ1) is 43.7. The minimum atomic E-state index is -4.95. The Morgan fingerprint density at radius 2 is 0.505 bits per heavy atom. The summed E-state index contributed by atoms with van der Waals surface area (Å²) in [6, 6.07) is 0. The van der Waals surface area contributed by atoms with Crippen molar-refractivity contribution in [3.8, 4) is 0 Å². The quantitative estimate of drug-likeness (QED) is 0.0222. The number of hydrogen-bond donors (Lipinski definition) is 3. The lowest BCUT2D eigenvalue weighted by Crippen LogP contribution is -2.30. The van der Waals surface area contributed by atoms with Gasteiger partial charge >= 0.3 is 39.5 Å². The van der Waals surface area contributed by atoms with Crippen LogP contribution in [0.4, 0.5) is 0 Å². The summed E-state index contributed by atoms with van der Waals surface area (Å²) in [5.41, 5.74) is 0. The van der Waals surface area contributed by atoms with Crippen LogP contribution in [0.15, 0.2) is 0 Å². The summed E-state index contributed by atoms with van der Waals surface area (Å²) in [5, 5.41) is 10.6. The average molecular weight is 1340 g/mol. The van der Waals surface area contributed by atoms with Crippen molar-refractivity contribution in [1.29, 1.82) is 0 Å². The van der Waals surface area contributed by atoms with Crippen LogP contribution in [0, 0.1) is 17.8 Å². The number of ether oxygens (including phenoxy) is 4. The van der Waals surface area contributed by atoms with E-state index >= 15 is 0 Å². The van der Waals surface area contributed by atoms with Gasteiger partial charge in [-0.15, -0.1) is 0 Å². The highest BCUT2D eigenvalue weighted by atomic mass is 31.2. The lowest BCUT2D eigenvalue weighted by Gasteiger charge is -2.21. The molecule has 540 valence electrons. The molecule has 0 fully saturated rings. The smallest absolute Gasteiger partial charge is 0.462 e. The molecule has 0 aromatic heterocycles. The fourth-order valence-corrected chi connectivity index (χ4v) is 12.5. The summed E-state index contributed by atoms with van der Waals surface area (Å²) in [6.45, 7) is 11.7. The number of hydrogen-bond acceptors (Lipinski definition) is 15. The maximum absolute atomic E-state index is 13.0. The first-order valence-corrected chi connectivity index (χ1v) is 40.3. The second kappa shape index (κ2) is 62.8. The van der Waals surface area contributed by atoms with E-state index < -0.39 is 97.5 Å². The van der Waals surface area contributed by atoms with Gasteiger partial charge in [0.1, 0.15) is 19.3 Å². The number of aliphatic hydroxyl groups is 1. The maximum atomic E-state index is 13.0. The summed E-state index contributed by atoms with van der Waals surface area (Å²) in [6.07, 6.45) is 47.7. The molecule has 19 heteroatoms. The molecule has 0 radical (unpaired) electrons. The highest BCUT2D eigenvalue weighted by Gasteiger charge is 2.30. The standard InChI is InChI=1S/C72H140O17P2/c1-8-9-10-11-12-13-14-15-16-17-18-19-20-21-24-28-31-41-48-55-71(76)88-67(59-82-69(74)53-46-39-30-27-25-22-23-26-29-36-43-50-63(2)3)61-86-90(78,79)84-57-66(73)58-85-91(80,81)87-62-68(89-72(77)56-49-42-35-33-38-45-52-65(6)7)60-83-70(75)54-47-40-34-32-37-44-51-64(4)5/h63-68,73H,8-62H2,1-7H3,(H,78,79)(H,80,81)/t66-,67-,68-/m1/s1. The van der Waals surface area contributed by atoms with E-state index in [2.05, 4.69) is 48.5 Å². The molecule has 0 aromatic carbocycles. The monoisotopic (exact) mass is 1340 g/mol. The third kappa shape index (κ3) is 66.5. The van der Waals surface area contributed by atoms with E-state index in [1.54, 1.807) is 0 Å². The van der Waals surface area contributed by atoms with E-state index in [-0.39, 0.29) is 25.7 Å². The molecule has 0 saturated heterocycles. The molecular weight excluding hydrogens is 1200 g/mol. The van der Waals surface area contributed by atoms with Gasteiger partial charge in [-0.2, -0.15) is 0 Å². The zero-order chi connectivity index (χ0) is 67.3. The number of rotatable bonds is 70. The predicted octanol–water partition coefficient (Wildman–Crippen LogP) is 20.6. The second-order valence-electron chi connectivity index (χ2n) is 27.4. The first kappa shape index (κ1) is 89.1. The normalized spacial score (nSPS) is 14.2. The molecular formula is C72H140O17P2. The molecule has 17 nitrogen and oxygen atoms in total. The number of carbonyl (C=O) groups is 4. The van der Waals surface area contributed by atoms with Crippen molar-refractivity contribution in [3.05, 3.63) is 0 Å². The molecule has 0 amide bonds. The summed E-state index contributed by atoms with van der Waals surface area (Å²) in [5.74, 6) is -0.0108. The number of phosphoric acid groups is 2. The summed E-state index contributed by atoms with van der Waals surface area (Å²) in [7, 11) is -9.90. The van der Waals surface area contributed by atoms with E-state index in [9.17, 15) is 43.2 Å². The van der Waals surface area contributed by atoms with Gasteiger partial charge in [0.05, 0.1) is 26.4 Å². The Labute approximate surface area is 556 Å². The van der Waals surface area contributed by atoms with Crippen molar-refractivity contribution in [2.75, 3.05) is 39.6 Å². The minimum absolute atomic E-state index is 0.101. The van der Waals surface area contributed by atoms with Gasteiger partial charge in [0.15, 0.2) is 12.2 Å². The summed E-state index contributed by atoms with van der Waals surface area (Å²) < 4.78 is 68.3. The Balaban J connectivity index is 5.20. The fourth-order valence-electron chi connectivity index (χ4n) is 10.9. The number of esters is 4. The highest BCUT2D eigenvalue weighted by Crippen LogP contribution is 2.45. The van der Waals surface area contributed by atoms with Crippen LogP contribution >= 0.6 is 15.6 Å². The molecule has 3 N–H and O–H groups in total. The SMILES string of the molecule is CCCCCCCCCCCCCCCCCCCCCC(=O)O[C@H](COC(=O)CCCCCCCCCCCCCC(C)C)COP(=O)(O)OC[C@@H](O)COP(=O)(O)OC[C@@H](COC(=O)CCCCCCCCC(C)C)OC(=O)CCCCCCCCC(C)C. The zero-order valence-electron chi connectivity index (χ0n) is 59.3. The van der Waals surface area contributed by atoms with Crippen molar-refractivity contribution in [2.24, 2.45) is 17.8 Å². The van der Waals surface area contributed by atoms with Crippen molar-refractivity contribution >= 4 is 39.5 Å². The molecule has 2 unspecified atom stereocenters. The van der Waals surface area contributed by atoms with Gasteiger partial charge in [0, 0.05) is 25.7 Å². The Hall–Kier alpha value is -1.94. The molecule has 0 bridgehead atoms. The van der Waals surface area contributed by atoms with Gasteiger partial charge < -0.3 is 33.8 Å². The van der Waals surface area contributed by atoms with Crippen LogP contribution < -0.4 is 0 Å². The molecule has 0 heterocycles. The van der Waals surface area contributed by atoms with Crippen LogP contribution in [0.1, 0.15) is 363 Å².